The van der Waals surface area contributed by atoms with Crippen molar-refractivity contribution in [1.82, 2.24) is 9.29 Å². The number of carbonyl (C=O) groups is 1. The van der Waals surface area contributed by atoms with Crippen molar-refractivity contribution >= 4 is 65.2 Å². The fourth-order valence-electron chi connectivity index (χ4n) is 3.85. The van der Waals surface area contributed by atoms with Crippen LogP contribution < -0.4 is 5.01 Å². The summed E-state index contributed by atoms with van der Waals surface area (Å²) in [6, 6.07) is 12.5. The first-order valence-corrected chi connectivity index (χ1v) is 16.0. The predicted octanol–water partition coefficient (Wildman–Crippen LogP) is 6.68. The van der Waals surface area contributed by atoms with Crippen molar-refractivity contribution in [1.29, 1.82) is 0 Å². The van der Waals surface area contributed by atoms with Gasteiger partial charge in [-0.3, -0.25) is 14.9 Å². The highest BCUT2D eigenvalue weighted by Crippen LogP contribution is 2.31. The van der Waals surface area contributed by atoms with Crippen LogP contribution in [0.25, 0.3) is 10.2 Å². The molecule has 0 bridgehead atoms. The minimum Gasteiger partial charge on any atom is -0.267 e. The van der Waals surface area contributed by atoms with Gasteiger partial charge in [-0.1, -0.05) is 49.4 Å². The number of carbonyl (C=O) groups excluding carboxylic acids is 1. The molecular weight excluding hydrogens is 590 g/mol. The van der Waals surface area contributed by atoms with Crippen molar-refractivity contribution in [2.24, 2.45) is 5.10 Å². The lowest BCUT2D eigenvalue weighted by molar-refractivity contribution is -0.380. The number of hydrazone groups is 1. The van der Waals surface area contributed by atoms with Gasteiger partial charge in [-0.25, -0.2) is 17.8 Å². The van der Waals surface area contributed by atoms with E-state index in [1.165, 1.54) is 65.1 Å². The van der Waals surface area contributed by atoms with E-state index in [-0.39, 0.29) is 20.6 Å². The van der Waals surface area contributed by atoms with Gasteiger partial charge in [-0.2, -0.15) is 14.4 Å². The molecule has 0 aliphatic carbocycles. The predicted molar refractivity (Wildman–Crippen MR) is 160 cm³/mol. The van der Waals surface area contributed by atoms with Crippen LogP contribution in [0, 0.1) is 15.9 Å². The van der Waals surface area contributed by atoms with Crippen LogP contribution in [0.1, 0.15) is 54.8 Å². The number of nitrogens with zero attached hydrogens (tertiary/aromatic N) is 5. The number of halogens is 1. The summed E-state index contributed by atoms with van der Waals surface area (Å²) < 4.78 is 42.5. The minimum atomic E-state index is -3.75. The van der Waals surface area contributed by atoms with E-state index >= 15 is 0 Å². The second-order valence-electron chi connectivity index (χ2n) is 9.04. The summed E-state index contributed by atoms with van der Waals surface area (Å²) in [7, 11) is -3.75. The summed E-state index contributed by atoms with van der Waals surface area (Å²) in [6.45, 7) is 4.84. The second-order valence-corrected chi connectivity index (χ2v) is 13.1. The molecule has 14 heteroatoms. The Morgan fingerprint density at radius 1 is 1.05 bits per heavy atom. The number of unbranched alkanes of at least 4 members (excludes halogenated alkanes) is 2. The molecule has 10 nitrogen and oxygen atoms in total. The molecule has 2 heterocycles. The van der Waals surface area contributed by atoms with Crippen LogP contribution >= 0.6 is 22.7 Å². The number of hydrogen-bond acceptors (Lipinski definition) is 9. The molecule has 0 fully saturated rings. The van der Waals surface area contributed by atoms with Gasteiger partial charge in [-0.15, -0.1) is 0 Å². The van der Waals surface area contributed by atoms with Gasteiger partial charge in [0.15, 0.2) is 0 Å². The number of nitro groups is 1. The zero-order valence-electron chi connectivity index (χ0n) is 22.4. The minimum absolute atomic E-state index is 0.0801. The van der Waals surface area contributed by atoms with Gasteiger partial charge in [-0.05, 0) is 61.4 Å². The third kappa shape index (κ3) is 7.19. The summed E-state index contributed by atoms with van der Waals surface area (Å²) in [5, 5.41) is 16.4. The Labute approximate surface area is 245 Å². The van der Waals surface area contributed by atoms with Crippen LogP contribution in [0.5, 0.6) is 0 Å². The first-order chi connectivity index (χ1) is 19.6. The summed E-state index contributed by atoms with van der Waals surface area (Å²) in [6.07, 6.45) is 4.51. The standard InChI is InChI=1S/C27H28FN5O5S3/c1-3-5-15-31(16-6-4-2)41(37,38)22-11-7-19(8-12-22)26(34)32(29-18-21-10-14-25(39-21)33(35)36)27-30-23-13-9-20(28)17-24(23)40-27/h7-14,17-18H,3-6,15-16H2,1-2H3/b29-18+. The Morgan fingerprint density at radius 3 is 2.34 bits per heavy atom. The van der Waals surface area contributed by atoms with Gasteiger partial charge in [0.2, 0.25) is 15.2 Å². The maximum atomic E-state index is 13.8. The lowest BCUT2D eigenvalue weighted by Crippen LogP contribution is -2.33. The summed E-state index contributed by atoms with van der Waals surface area (Å²) in [5.74, 6) is -1.06. The van der Waals surface area contributed by atoms with Gasteiger partial charge >= 0.3 is 5.00 Å². The van der Waals surface area contributed by atoms with E-state index in [2.05, 4.69) is 10.1 Å². The monoisotopic (exact) mass is 617 g/mol. The summed E-state index contributed by atoms with van der Waals surface area (Å²) >= 11 is 1.93. The zero-order chi connectivity index (χ0) is 29.6. The van der Waals surface area contributed by atoms with E-state index in [9.17, 15) is 27.7 Å². The molecule has 0 saturated carbocycles. The van der Waals surface area contributed by atoms with Gasteiger partial charge < -0.3 is 0 Å². The van der Waals surface area contributed by atoms with Gasteiger partial charge in [0.25, 0.3) is 5.91 Å². The van der Waals surface area contributed by atoms with E-state index in [4.69, 9.17) is 0 Å². The number of aromatic nitrogens is 1. The van der Waals surface area contributed by atoms with Crippen molar-refractivity contribution in [3.05, 3.63) is 81.0 Å². The van der Waals surface area contributed by atoms with Crippen molar-refractivity contribution in [2.75, 3.05) is 18.1 Å². The number of benzene rings is 2. The maximum absolute atomic E-state index is 13.8. The highest BCUT2D eigenvalue weighted by Gasteiger charge is 2.26. The van der Waals surface area contributed by atoms with Gasteiger partial charge in [0.1, 0.15) is 5.82 Å². The molecule has 0 N–H and O–H groups in total. The molecular formula is C27H28FN5O5S3. The smallest absolute Gasteiger partial charge is 0.267 e. The number of fused-ring (bicyclic) bond motifs is 1. The Bertz CT molecular complexity index is 1660. The second kappa shape index (κ2) is 13.4. The molecule has 0 unspecified atom stereocenters. The number of rotatable bonds is 13. The van der Waals surface area contributed by atoms with Crippen LogP contribution in [0.2, 0.25) is 0 Å². The zero-order valence-corrected chi connectivity index (χ0v) is 24.8. The first-order valence-electron chi connectivity index (χ1n) is 12.9. The maximum Gasteiger partial charge on any atom is 0.324 e. The van der Waals surface area contributed by atoms with Gasteiger partial charge in [0.05, 0.1) is 31.1 Å². The molecule has 4 rings (SSSR count). The molecule has 216 valence electrons. The molecule has 0 aliphatic heterocycles. The van der Waals surface area contributed by atoms with E-state index in [0.717, 1.165) is 53.4 Å². The largest absolute Gasteiger partial charge is 0.324 e. The molecule has 0 aliphatic rings. The van der Waals surface area contributed by atoms with Crippen molar-refractivity contribution in [2.45, 2.75) is 44.4 Å². The molecule has 2 aromatic carbocycles. The molecule has 4 aromatic rings. The number of amides is 1. The van der Waals surface area contributed by atoms with Crippen LogP contribution in [0.4, 0.5) is 14.5 Å². The summed E-state index contributed by atoms with van der Waals surface area (Å²) in [5.41, 5.74) is 0.615. The van der Waals surface area contributed by atoms with Crippen molar-refractivity contribution in [3.63, 3.8) is 0 Å². The van der Waals surface area contributed by atoms with Crippen molar-refractivity contribution in [3.8, 4) is 0 Å². The van der Waals surface area contributed by atoms with Crippen LogP contribution in [0.3, 0.4) is 0 Å². The molecule has 0 spiro atoms. The fourth-order valence-corrected chi connectivity index (χ4v) is 7.00. The normalized spacial score (nSPS) is 12.0. The SMILES string of the molecule is CCCCN(CCCC)S(=O)(=O)c1ccc(C(=O)N(/N=C/c2ccc([N+](=O)[O-])s2)c2nc3ccc(F)cc3s2)cc1. The topological polar surface area (TPSA) is 126 Å². The average Bonchev–Trinajstić information content (AvgIpc) is 3.60. The Balaban J connectivity index is 1.66. The van der Waals surface area contributed by atoms with Crippen LogP contribution in [0.15, 0.2) is 64.6 Å². The number of thiazole rings is 1. The third-order valence-electron chi connectivity index (χ3n) is 6.07. The molecule has 0 atom stereocenters. The van der Waals surface area contributed by atoms with E-state index in [0.29, 0.717) is 28.2 Å². The molecule has 2 aromatic heterocycles. The fraction of sp³-hybridized carbons (Fsp3) is 0.296. The lowest BCUT2D eigenvalue weighted by Gasteiger charge is -2.22. The number of sulfonamides is 1. The number of hydrogen-bond donors (Lipinski definition) is 0. The quantitative estimate of drug-likeness (QED) is 0.0936. The Hall–Kier alpha value is -3.59. The third-order valence-corrected chi connectivity index (χ3v) is 9.94. The van der Waals surface area contributed by atoms with Gasteiger partial charge in [0, 0.05) is 24.7 Å². The van der Waals surface area contributed by atoms with E-state index in [1.54, 1.807) is 0 Å². The number of thiophene rings is 1. The van der Waals surface area contributed by atoms with Crippen LogP contribution in [-0.4, -0.2) is 47.8 Å². The molecule has 1 amide bonds. The Morgan fingerprint density at radius 2 is 1.73 bits per heavy atom. The lowest BCUT2D eigenvalue weighted by atomic mass is 10.2. The van der Waals surface area contributed by atoms with E-state index in [1.807, 2.05) is 13.8 Å². The molecule has 0 saturated heterocycles. The molecule has 41 heavy (non-hydrogen) atoms. The Kier molecular flexibility index (Phi) is 9.91. The van der Waals surface area contributed by atoms with Crippen molar-refractivity contribution < 1.29 is 22.5 Å². The average molecular weight is 618 g/mol. The number of anilines is 1. The summed E-state index contributed by atoms with van der Waals surface area (Å²) in [4.78, 5) is 29.1. The van der Waals surface area contributed by atoms with Crippen LogP contribution in [-0.2, 0) is 10.0 Å². The van der Waals surface area contributed by atoms with E-state index < -0.39 is 26.7 Å². The first kappa shape index (κ1) is 30.4. The highest BCUT2D eigenvalue weighted by atomic mass is 32.2. The molecule has 0 radical (unpaired) electrons. The highest BCUT2D eigenvalue weighted by molar-refractivity contribution is 7.89.